The topological polar surface area (TPSA) is 113 Å². The van der Waals surface area contributed by atoms with Gasteiger partial charge in [0.15, 0.2) is 0 Å². The van der Waals surface area contributed by atoms with Crippen LogP contribution in [0.15, 0.2) is 59.5 Å². The number of halogens is 2. The number of sulfonamides is 1. The van der Waals surface area contributed by atoms with Crippen LogP contribution < -0.4 is 25.4 Å². The van der Waals surface area contributed by atoms with Gasteiger partial charge in [-0.2, -0.15) is 0 Å². The van der Waals surface area contributed by atoms with Gasteiger partial charge in [-0.3, -0.25) is 4.72 Å². The van der Waals surface area contributed by atoms with E-state index >= 15 is 0 Å². The van der Waals surface area contributed by atoms with E-state index in [1.165, 1.54) is 36.9 Å². The van der Waals surface area contributed by atoms with E-state index in [2.05, 4.69) is 20.7 Å². The Morgan fingerprint density at radius 2 is 1.72 bits per heavy atom. The van der Waals surface area contributed by atoms with Crippen molar-refractivity contribution in [2.45, 2.75) is 30.8 Å². The van der Waals surface area contributed by atoms with Crippen molar-refractivity contribution in [3.05, 3.63) is 81.3 Å². The lowest BCUT2D eigenvalue weighted by Gasteiger charge is -2.18. The fourth-order valence-corrected chi connectivity index (χ4v) is 5.67. The number of rotatable bonds is 7. The highest BCUT2D eigenvalue weighted by molar-refractivity contribution is 7.92. The van der Waals surface area contributed by atoms with Gasteiger partial charge in [0.05, 0.1) is 29.6 Å². The number of hydrogen-bond donors (Lipinski definition) is 4. The number of nitrogens with two attached hydrogens (primary N) is 1. The van der Waals surface area contributed by atoms with Gasteiger partial charge < -0.3 is 20.7 Å². The Morgan fingerprint density at radius 3 is 2.44 bits per heavy atom. The number of methoxy groups -OCH3 is 1. The van der Waals surface area contributed by atoms with Gasteiger partial charge in [0.25, 0.3) is 10.0 Å². The average molecular weight is 550 g/mol. The number of hydrogen-bond acceptors (Lipinski definition) is 4. The summed E-state index contributed by atoms with van der Waals surface area (Å²) in [4.78, 5) is 12.6. The molecule has 5 N–H and O–H groups in total. The lowest BCUT2D eigenvalue weighted by molar-refractivity contribution is -0.673. The third kappa shape index (κ3) is 5.87. The summed E-state index contributed by atoms with van der Waals surface area (Å²) >= 11 is 12.5. The van der Waals surface area contributed by atoms with Crippen molar-refractivity contribution in [1.82, 2.24) is 5.32 Å². The van der Waals surface area contributed by atoms with Crippen molar-refractivity contribution in [2.24, 2.45) is 0 Å². The molecule has 0 fully saturated rings. The van der Waals surface area contributed by atoms with Crippen molar-refractivity contribution in [3.8, 4) is 5.75 Å². The summed E-state index contributed by atoms with van der Waals surface area (Å²) in [6.45, 7) is 3.67. The first kappa shape index (κ1) is 26.1. The minimum Gasteiger partial charge on any atom is -0.495 e. The van der Waals surface area contributed by atoms with Gasteiger partial charge in [0.1, 0.15) is 17.3 Å². The first-order valence-corrected chi connectivity index (χ1v) is 13.6. The van der Waals surface area contributed by atoms with Gasteiger partial charge in [0, 0.05) is 23.4 Å². The number of benzene rings is 3. The zero-order valence-corrected chi connectivity index (χ0v) is 22.1. The summed E-state index contributed by atoms with van der Waals surface area (Å²) in [6.07, 6.45) is 0.906. The summed E-state index contributed by atoms with van der Waals surface area (Å²) < 4.78 is 33.5. The number of urea groups is 1. The van der Waals surface area contributed by atoms with Crippen molar-refractivity contribution < 1.29 is 23.3 Å². The monoisotopic (exact) mass is 549 g/mol. The number of anilines is 2. The maximum atomic E-state index is 12.9. The van der Waals surface area contributed by atoms with Crippen LogP contribution in [0, 0.1) is 0 Å². The first-order chi connectivity index (χ1) is 17.2. The van der Waals surface area contributed by atoms with Gasteiger partial charge in [-0.05, 0) is 60.5 Å². The molecule has 0 saturated heterocycles. The molecule has 1 atom stereocenters. The van der Waals surface area contributed by atoms with Gasteiger partial charge in [0.2, 0.25) is 0 Å². The highest BCUT2D eigenvalue weighted by Crippen LogP contribution is 2.37. The summed E-state index contributed by atoms with van der Waals surface area (Å²) in [5, 5.41) is 8.27. The van der Waals surface area contributed by atoms with Crippen LogP contribution in [0.25, 0.3) is 0 Å². The molecule has 0 saturated carbocycles. The van der Waals surface area contributed by atoms with Crippen LogP contribution in [0.5, 0.6) is 5.75 Å². The Hall–Kier alpha value is -2.98. The van der Waals surface area contributed by atoms with E-state index in [9.17, 15) is 13.2 Å². The number of carbonyl (C=O) groups excluding carboxylic acids is 1. The fraction of sp³-hybridized carbons (Fsp3) is 0.240. The number of quaternary nitrogens is 1. The van der Waals surface area contributed by atoms with Gasteiger partial charge in [-0.15, -0.1) is 0 Å². The smallest absolute Gasteiger partial charge is 0.319 e. The zero-order valence-electron chi connectivity index (χ0n) is 19.8. The van der Waals surface area contributed by atoms with E-state index in [0.29, 0.717) is 27.7 Å². The van der Waals surface area contributed by atoms with Gasteiger partial charge >= 0.3 is 6.03 Å². The third-order valence-corrected chi connectivity index (χ3v) is 8.25. The maximum Gasteiger partial charge on any atom is 0.319 e. The molecular weight excluding hydrogens is 523 g/mol. The minimum absolute atomic E-state index is 0.0903. The van der Waals surface area contributed by atoms with E-state index < -0.39 is 22.1 Å². The molecule has 190 valence electrons. The van der Waals surface area contributed by atoms with E-state index in [-0.39, 0.29) is 9.92 Å². The van der Waals surface area contributed by atoms with E-state index in [1.807, 2.05) is 12.1 Å². The Morgan fingerprint density at radius 1 is 1.00 bits per heavy atom. The van der Waals surface area contributed by atoms with Crippen LogP contribution >= 0.6 is 23.2 Å². The Kier molecular flexibility index (Phi) is 7.94. The molecule has 3 aromatic rings. The van der Waals surface area contributed by atoms with Crippen molar-refractivity contribution in [3.63, 3.8) is 0 Å². The molecule has 0 spiro atoms. The summed E-state index contributed by atoms with van der Waals surface area (Å²) in [5.74, 6) is 0.442. The summed E-state index contributed by atoms with van der Waals surface area (Å²) in [5.41, 5.74) is 3.98. The molecule has 36 heavy (non-hydrogen) atoms. The normalized spacial score (nSPS) is 13.9. The fourth-order valence-electron chi connectivity index (χ4n) is 4.05. The van der Waals surface area contributed by atoms with Crippen molar-refractivity contribution in [2.75, 3.05) is 23.7 Å². The molecule has 0 aliphatic carbocycles. The maximum absolute atomic E-state index is 12.9. The second kappa shape index (κ2) is 11.0. The number of fused-ring (bicyclic) bond motifs is 1. The Balaban J connectivity index is 1.39. The Bertz CT molecular complexity index is 1380. The first-order valence-electron chi connectivity index (χ1n) is 11.3. The zero-order chi connectivity index (χ0) is 25.9. The van der Waals surface area contributed by atoms with Crippen LogP contribution in [0.1, 0.15) is 29.7 Å². The molecule has 0 bridgehead atoms. The average Bonchev–Trinajstić information content (AvgIpc) is 2.85. The highest BCUT2D eigenvalue weighted by Gasteiger charge is 2.19. The highest BCUT2D eigenvalue weighted by atomic mass is 35.5. The van der Waals surface area contributed by atoms with Crippen molar-refractivity contribution >= 4 is 50.6 Å². The van der Waals surface area contributed by atoms with Crippen LogP contribution in [-0.2, 0) is 23.0 Å². The largest absolute Gasteiger partial charge is 0.495 e. The second-order valence-corrected chi connectivity index (χ2v) is 10.9. The summed E-state index contributed by atoms with van der Waals surface area (Å²) in [6, 6.07) is 14.0. The molecular formula is C25H27Cl2N4O4S+. The lowest BCUT2D eigenvalue weighted by Crippen LogP contribution is -2.84. The van der Waals surface area contributed by atoms with E-state index in [1.54, 1.807) is 25.1 Å². The third-order valence-electron chi connectivity index (χ3n) is 5.97. The molecule has 4 rings (SSSR count). The molecule has 8 nitrogen and oxygen atoms in total. The van der Waals surface area contributed by atoms with Crippen LogP contribution in [-0.4, -0.2) is 28.1 Å². The molecule has 1 aliphatic heterocycles. The molecule has 0 unspecified atom stereocenters. The number of carbonyl (C=O) groups is 1. The molecule has 3 aromatic carbocycles. The SMILES string of the molecule is COc1ccc([C@H](C)NC(=O)Nc2ccc(S(=O)(=O)Nc3ccc4c(c3)CC[NH2+]C4)cc2)c(Cl)c1Cl. The van der Waals surface area contributed by atoms with Crippen molar-refractivity contribution in [1.29, 1.82) is 0 Å². The number of ether oxygens (including phenoxy) is 1. The molecule has 2 amide bonds. The van der Waals surface area contributed by atoms with Crippen LogP contribution in [0.3, 0.4) is 0 Å². The predicted molar refractivity (Wildman–Crippen MR) is 141 cm³/mol. The molecule has 0 radical (unpaired) electrons. The van der Waals surface area contributed by atoms with Gasteiger partial charge in [-0.1, -0.05) is 35.3 Å². The molecule has 0 aromatic heterocycles. The molecule has 11 heteroatoms. The van der Waals surface area contributed by atoms with E-state index in [4.69, 9.17) is 27.9 Å². The number of amides is 2. The molecule has 1 aliphatic rings. The van der Waals surface area contributed by atoms with Gasteiger partial charge in [-0.25, -0.2) is 13.2 Å². The second-order valence-electron chi connectivity index (χ2n) is 8.45. The quantitative estimate of drug-likeness (QED) is 0.351. The molecule has 1 heterocycles. The van der Waals surface area contributed by atoms with Crippen LogP contribution in [0.4, 0.5) is 16.2 Å². The summed E-state index contributed by atoms with van der Waals surface area (Å²) in [7, 11) is -2.29. The predicted octanol–water partition coefficient (Wildman–Crippen LogP) is 4.31. The lowest BCUT2D eigenvalue weighted by atomic mass is 10.0. The minimum atomic E-state index is -3.78. The number of nitrogens with one attached hydrogen (secondary N) is 3. The van der Waals surface area contributed by atoms with Crippen LogP contribution in [0.2, 0.25) is 10.0 Å². The van der Waals surface area contributed by atoms with E-state index in [0.717, 1.165) is 25.1 Å². The standard InChI is InChI=1S/C25H26Cl2N4O4S/c1-15(21-9-10-22(35-2)24(27)23(21)26)29-25(32)30-18-5-7-20(8-6-18)36(33,34)31-19-4-3-17-14-28-12-11-16(17)13-19/h3-10,13,15,28,31H,11-12,14H2,1-2H3,(H2,29,30,32)/p+1/t15-/m0/s1. The Labute approximate surface area is 220 Å².